The van der Waals surface area contributed by atoms with Gasteiger partial charge in [-0.2, -0.15) is 5.26 Å². The maximum absolute atomic E-state index is 12.1. The van der Waals surface area contributed by atoms with Crippen LogP contribution in [0.3, 0.4) is 0 Å². The minimum absolute atomic E-state index is 0.333. The van der Waals surface area contributed by atoms with Gasteiger partial charge in [0.2, 0.25) is 0 Å². The summed E-state index contributed by atoms with van der Waals surface area (Å²) in [4.78, 5) is 12.1. The summed E-state index contributed by atoms with van der Waals surface area (Å²) in [5.74, 6) is 0.607. The average molecular weight is 248 g/mol. The van der Waals surface area contributed by atoms with Gasteiger partial charge in [0.05, 0.1) is 25.9 Å². The maximum Gasteiger partial charge on any atom is 0.256 e. The lowest BCUT2D eigenvalue weighted by Crippen LogP contribution is -2.42. The summed E-state index contributed by atoms with van der Waals surface area (Å²) >= 11 is 0. The van der Waals surface area contributed by atoms with Crippen LogP contribution < -0.4 is 14.8 Å². The van der Waals surface area contributed by atoms with Gasteiger partial charge in [0, 0.05) is 0 Å². The zero-order valence-electron chi connectivity index (χ0n) is 10.9. The van der Waals surface area contributed by atoms with Crippen molar-refractivity contribution < 1.29 is 14.3 Å². The van der Waals surface area contributed by atoms with Crippen molar-refractivity contribution in [2.24, 2.45) is 0 Å². The maximum atomic E-state index is 12.1. The zero-order valence-corrected chi connectivity index (χ0v) is 10.9. The van der Waals surface area contributed by atoms with E-state index in [2.05, 4.69) is 5.32 Å². The van der Waals surface area contributed by atoms with E-state index in [0.29, 0.717) is 17.1 Å². The fraction of sp³-hybridized carbons (Fsp3) is 0.385. The fourth-order valence-corrected chi connectivity index (χ4v) is 1.37. The monoisotopic (exact) mass is 248 g/mol. The molecule has 0 saturated carbocycles. The van der Waals surface area contributed by atoms with E-state index in [1.54, 1.807) is 32.0 Å². The molecule has 0 heterocycles. The summed E-state index contributed by atoms with van der Waals surface area (Å²) < 4.78 is 10.2. The quantitative estimate of drug-likeness (QED) is 0.880. The zero-order chi connectivity index (χ0) is 13.8. The third-order valence-electron chi connectivity index (χ3n) is 2.36. The van der Waals surface area contributed by atoms with Gasteiger partial charge >= 0.3 is 0 Å². The van der Waals surface area contributed by atoms with Crippen molar-refractivity contribution in [2.45, 2.75) is 19.4 Å². The molecule has 0 atom stereocenters. The van der Waals surface area contributed by atoms with Crippen molar-refractivity contribution in [2.75, 3.05) is 14.2 Å². The Kier molecular flexibility index (Phi) is 4.16. The summed E-state index contributed by atoms with van der Waals surface area (Å²) in [7, 11) is 3.00. The Hall–Kier alpha value is -2.22. The first kappa shape index (κ1) is 13.8. The first-order chi connectivity index (χ1) is 8.43. The highest BCUT2D eigenvalue weighted by atomic mass is 16.5. The van der Waals surface area contributed by atoms with Crippen LogP contribution in [0.5, 0.6) is 11.5 Å². The Morgan fingerprint density at radius 1 is 1.33 bits per heavy atom. The molecule has 0 radical (unpaired) electrons. The highest BCUT2D eigenvalue weighted by molar-refractivity contribution is 5.98. The normalized spacial score (nSPS) is 10.4. The van der Waals surface area contributed by atoms with Gasteiger partial charge in [-0.25, -0.2) is 0 Å². The molecular formula is C13H16N2O3. The van der Waals surface area contributed by atoms with E-state index < -0.39 is 5.54 Å². The Balaban J connectivity index is 3.08. The lowest BCUT2D eigenvalue weighted by atomic mass is 10.1. The van der Waals surface area contributed by atoms with Gasteiger partial charge in [0.25, 0.3) is 5.91 Å². The number of nitriles is 1. The molecule has 0 aromatic heterocycles. The molecule has 18 heavy (non-hydrogen) atoms. The van der Waals surface area contributed by atoms with E-state index in [1.807, 2.05) is 6.07 Å². The third kappa shape index (κ3) is 3.14. The lowest BCUT2D eigenvalue weighted by Gasteiger charge is -2.18. The molecule has 0 bridgehead atoms. The minimum Gasteiger partial charge on any atom is -0.497 e. The van der Waals surface area contributed by atoms with Crippen molar-refractivity contribution in [3.63, 3.8) is 0 Å². The molecule has 0 aliphatic rings. The van der Waals surface area contributed by atoms with Crippen molar-refractivity contribution >= 4 is 5.91 Å². The Labute approximate surface area is 106 Å². The Morgan fingerprint density at radius 3 is 2.50 bits per heavy atom. The first-order valence-corrected chi connectivity index (χ1v) is 5.39. The number of rotatable bonds is 4. The molecule has 96 valence electrons. The number of ether oxygens (including phenoxy) is 2. The first-order valence-electron chi connectivity index (χ1n) is 5.39. The molecule has 5 nitrogen and oxygen atoms in total. The van der Waals surface area contributed by atoms with Crippen molar-refractivity contribution in [3.8, 4) is 17.6 Å². The molecule has 1 aromatic rings. The fourth-order valence-electron chi connectivity index (χ4n) is 1.37. The van der Waals surface area contributed by atoms with Crippen LogP contribution in [0.25, 0.3) is 0 Å². The molecule has 0 aliphatic carbocycles. The molecular weight excluding hydrogens is 232 g/mol. The van der Waals surface area contributed by atoms with E-state index in [-0.39, 0.29) is 5.91 Å². The summed E-state index contributed by atoms with van der Waals surface area (Å²) in [6, 6.07) is 6.92. The largest absolute Gasteiger partial charge is 0.497 e. The highest BCUT2D eigenvalue weighted by Crippen LogP contribution is 2.24. The number of carbonyl (C=O) groups excluding carboxylic acids is 1. The number of nitrogens with one attached hydrogen (secondary N) is 1. The van der Waals surface area contributed by atoms with Crippen molar-refractivity contribution in [1.82, 2.24) is 5.32 Å². The second-order valence-electron chi connectivity index (χ2n) is 4.26. The second-order valence-corrected chi connectivity index (χ2v) is 4.26. The van der Waals surface area contributed by atoms with Gasteiger partial charge in [0.1, 0.15) is 17.0 Å². The van der Waals surface area contributed by atoms with Gasteiger partial charge < -0.3 is 14.8 Å². The van der Waals surface area contributed by atoms with Crippen LogP contribution in [-0.2, 0) is 0 Å². The van der Waals surface area contributed by atoms with Crippen molar-refractivity contribution in [1.29, 1.82) is 5.26 Å². The van der Waals surface area contributed by atoms with Crippen LogP contribution in [0.15, 0.2) is 18.2 Å². The molecule has 1 aromatic carbocycles. The predicted octanol–water partition coefficient (Wildman–Crippen LogP) is 1.74. The molecule has 5 heteroatoms. The molecule has 0 aliphatic heterocycles. The van der Waals surface area contributed by atoms with E-state index >= 15 is 0 Å². The average Bonchev–Trinajstić information content (AvgIpc) is 2.37. The number of hydrogen-bond acceptors (Lipinski definition) is 4. The summed E-state index contributed by atoms with van der Waals surface area (Å²) in [6.07, 6.45) is 0. The summed E-state index contributed by atoms with van der Waals surface area (Å²) in [6.45, 7) is 3.25. The number of methoxy groups -OCH3 is 2. The van der Waals surface area contributed by atoms with Crippen LogP contribution in [0.4, 0.5) is 0 Å². The number of carbonyl (C=O) groups is 1. The Bertz CT molecular complexity index is 489. The van der Waals surface area contributed by atoms with Crippen LogP contribution in [-0.4, -0.2) is 25.7 Å². The van der Waals surface area contributed by atoms with Crippen LogP contribution >= 0.6 is 0 Å². The lowest BCUT2D eigenvalue weighted by molar-refractivity contribution is 0.0926. The van der Waals surface area contributed by atoms with Gasteiger partial charge in [-0.3, -0.25) is 4.79 Å². The minimum atomic E-state index is -0.939. The number of benzene rings is 1. The molecule has 0 unspecified atom stereocenters. The summed E-state index contributed by atoms with van der Waals surface area (Å²) in [5.41, 5.74) is -0.606. The van der Waals surface area contributed by atoms with Crippen LogP contribution in [0.2, 0.25) is 0 Å². The molecule has 1 N–H and O–H groups in total. The second kappa shape index (κ2) is 5.41. The third-order valence-corrected chi connectivity index (χ3v) is 2.36. The van der Waals surface area contributed by atoms with E-state index in [0.717, 1.165) is 0 Å². The standard InChI is InChI=1S/C13H16N2O3/c1-13(2,8-14)15-12(16)10-7-9(17-3)5-6-11(10)18-4/h5-7H,1-4H3,(H,15,16). The molecule has 1 rings (SSSR count). The highest BCUT2D eigenvalue weighted by Gasteiger charge is 2.22. The van der Waals surface area contributed by atoms with E-state index in [1.165, 1.54) is 14.2 Å². The molecule has 0 saturated heterocycles. The van der Waals surface area contributed by atoms with Gasteiger partial charge in [-0.15, -0.1) is 0 Å². The Morgan fingerprint density at radius 2 is 2.00 bits per heavy atom. The van der Waals surface area contributed by atoms with Crippen LogP contribution in [0.1, 0.15) is 24.2 Å². The SMILES string of the molecule is COc1ccc(OC)c(C(=O)NC(C)(C)C#N)c1. The van der Waals surface area contributed by atoms with Gasteiger partial charge in [-0.1, -0.05) is 0 Å². The topological polar surface area (TPSA) is 71.3 Å². The van der Waals surface area contributed by atoms with Crippen molar-refractivity contribution in [3.05, 3.63) is 23.8 Å². The number of hydrogen-bond donors (Lipinski definition) is 1. The number of nitrogens with zero attached hydrogens (tertiary/aromatic N) is 1. The van der Waals surface area contributed by atoms with Gasteiger partial charge in [0.15, 0.2) is 0 Å². The van der Waals surface area contributed by atoms with E-state index in [4.69, 9.17) is 14.7 Å². The molecule has 0 fully saturated rings. The molecule has 1 amide bonds. The number of amides is 1. The van der Waals surface area contributed by atoms with Crippen LogP contribution in [0, 0.1) is 11.3 Å². The molecule has 0 spiro atoms. The van der Waals surface area contributed by atoms with E-state index in [9.17, 15) is 4.79 Å². The van der Waals surface area contributed by atoms with Gasteiger partial charge in [-0.05, 0) is 32.0 Å². The summed E-state index contributed by atoms with van der Waals surface area (Å²) in [5, 5.41) is 11.5. The smallest absolute Gasteiger partial charge is 0.256 e. The predicted molar refractivity (Wildman–Crippen MR) is 66.7 cm³/mol.